The highest BCUT2D eigenvalue weighted by atomic mass is 16.4. The van der Waals surface area contributed by atoms with Crippen LogP contribution in [0.15, 0.2) is 0 Å². The van der Waals surface area contributed by atoms with Gasteiger partial charge in [-0.25, -0.2) is 0 Å². The number of carboxylic acids is 1. The Morgan fingerprint density at radius 2 is 2.36 bits per heavy atom. The summed E-state index contributed by atoms with van der Waals surface area (Å²) in [5.74, 6) is -0.830. The summed E-state index contributed by atoms with van der Waals surface area (Å²) in [6.07, 6.45) is -0.0977. The van der Waals surface area contributed by atoms with Crippen LogP contribution in [-0.4, -0.2) is 46.3 Å². The fourth-order valence-electron chi connectivity index (χ4n) is 1.49. The molecule has 0 aliphatic carbocycles. The van der Waals surface area contributed by atoms with Crippen molar-refractivity contribution in [3.63, 3.8) is 0 Å². The zero-order chi connectivity index (χ0) is 8.43. The lowest BCUT2D eigenvalue weighted by Crippen LogP contribution is -2.35. The molecule has 0 unspecified atom stereocenters. The average molecular weight is 159 g/mol. The number of aliphatic hydroxyl groups excluding tert-OH is 1. The maximum absolute atomic E-state index is 10.6. The van der Waals surface area contributed by atoms with E-state index < -0.39 is 18.1 Å². The molecule has 0 bridgehead atoms. The highest BCUT2D eigenvalue weighted by Crippen LogP contribution is 2.16. The maximum atomic E-state index is 10.6. The number of likely N-dealkylation sites (N-methyl/N-ethyl adjacent to an activating group) is 1. The first kappa shape index (κ1) is 8.49. The van der Waals surface area contributed by atoms with Crippen molar-refractivity contribution in [2.24, 2.45) is 0 Å². The van der Waals surface area contributed by atoms with Gasteiger partial charge in [0, 0.05) is 13.0 Å². The van der Waals surface area contributed by atoms with Crippen molar-refractivity contribution in [1.82, 2.24) is 4.90 Å². The van der Waals surface area contributed by atoms with E-state index >= 15 is 0 Å². The summed E-state index contributed by atoms with van der Waals surface area (Å²) in [5, 5.41) is 17.8. The van der Waals surface area contributed by atoms with Gasteiger partial charge < -0.3 is 10.2 Å². The average Bonchev–Trinajstić information content (AvgIpc) is 2.30. The first-order valence-electron chi connectivity index (χ1n) is 3.80. The molecule has 0 aromatic heterocycles. The van der Waals surface area contributed by atoms with Crippen molar-refractivity contribution >= 4 is 5.97 Å². The first-order chi connectivity index (χ1) is 5.15. The molecule has 2 N–H and O–H groups in total. The molecule has 64 valence electrons. The Hall–Kier alpha value is -0.610. The Labute approximate surface area is 65.4 Å². The number of aliphatic carboxylic acids is 1. The molecule has 0 radical (unpaired) electrons. The largest absolute Gasteiger partial charge is 0.480 e. The second kappa shape index (κ2) is 3.19. The van der Waals surface area contributed by atoms with E-state index in [2.05, 4.69) is 0 Å². The van der Waals surface area contributed by atoms with Crippen LogP contribution in [0.3, 0.4) is 0 Å². The van der Waals surface area contributed by atoms with Gasteiger partial charge in [0.1, 0.15) is 6.04 Å². The van der Waals surface area contributed by atoms with Crippen molar-refractivity contribution in [2.75, 3.05) is 13.1 Å². The quantitative estimate of drug-likeness (QED) is 0.571. The predicted molar refractivity (Wildman–Crippen MR) is 39.3 cm³/mol. The van der Waals surface area contributed by atoms with E-state index in [0.717, 1.165) is 0 Å². The molecule has 11 heavy (non-hydrogen) atoms. The lowest BCUT2D eigenvalue weighted by atomic mass is 10.2. The maximum Gasteiger partial charge on any atom is 0.321 e. The number of aliphatic hydroxyl groups is 1. The zero-order valence-electron chi connectivity index (χ0n) is 6.53. The molecule has 1 rings (SSSR count). The molecule has 0 aromatic carbocycles. The van der Waals surface area contributed by atoms with Gasteiger partial charge in [0.15, 0.2) is 0 Å². The van der Waals surface area contributed by atoms with Crippen LogP contribution in [-0.2, 0) is 4.79 Å². The number of carboxylic acid groups (broad SMARTS) is 1. The van der Waals surface area contributed by atoms with Crippen LogP contribution in [0.25, 0.3) is 0 Å². The van der Waals surface area contributed by atoms with Crippen LogP contribution in [0, 0.1) is 0 Å². The molecule has 4 nitrogen and oxygen atoms in total. The number of hydrogen-bond donors (Lipinski definition) is 2. The van der Waals surface area contributed by atoms with Gasteiger partial charge in [-0.3, -0.25) is 9.69 Å². The smallest absolute Gasteiger partial charge is 0.321 e. The molecule has 0 aromatic rings. The van der Waals surface area contributed by atoms with Gasteiger partial charge in [0.05, 0.1) is 6.10 Å². The summed E-state index contributed by atoms with van der Waals surface area (Å²) in [6, 6.07) is -0.477. The molecule has 2 atom stereocenters. The Bertz CT molecular complexity index is 160. The lowest BCUT2D eigenvalue weighted by Gasteiger charge is -2.17. The van der Waals surface area contributed by atoms with Gasteiger partial charge in [-0.05, 0) is 6.54 Å². The number of rotatable bonds is 2. The summed E-state index contributed by atoms with van der Waals surface area (Å²) < 4.78 is 0. The van der Waals surface area contributed by atoms with Crippen molar-refractivity contribution in [1.29, 1.82) is 0 Å². The van der Waals surface area contributed by atoms with Crippen LogP contribution in [0.2, 0.25) is 0 Å². The number of likely N-dealkylation sites (tertiary alicyclic amines) is 1. The van der Waals surface area contributed by atoms with E-state index in [9.17, 15) is 4.79 Å². The molecule has 1 aliphatic heterocycles. The first-order valence-corrected chi connectivity index (χ1v) is 3.80. The van der Waals surface area contributed by atoms with Gasteiger partial charge in [-0.2, -0.15) is 0 Å². The van der Waals surface area contributed by atoms with E-state index in [-0.39, 0.29) is 0 Å². The van der Waals surface area contributed by atoms with Crippen LogP contribution in [0.5, 0.6) is 0 Å². The second-order valence-corrected chi connectivity index (χ2v) is 2.83. The third-order valence-electron chi connectivity index (χ3n) is 2.07. The van der Waals surface area contributed by atoms with E-state index in [1.807, 2.05) is 6.92 Å². The minimum absolute atomic E-state index is 0.364. The third kappa shape index (κ3) is 1.70. The monoisotopic (exact) mass is 159 g/mol. The van der Waals surface area contributed by atoms with Crippen molar-refractivity contribution < 1.29 is 15.0 Å². The molecule has 1 fully saturated rings. The van der Waals surface area contributed by atoms with Gasteiger partial charge >= 0.3 is 5.97 Å². The van der Waals surface area contributed by atoms with Gasteiger partial charge in [0.25, 0.3) is 0 Å². The summed E-state index contributed by atoms with van der Waals surface area (Å²) in [5.41, 5.74) is 0. The van der Waals surface area contributed by atoms with Gasteiger partial charge in [-0.15, -0.1) is 0 Å². The van der Waals surface area contributed by atoms with Crippen molar-refractivity contribution in [3.05, 3.63) is 0 Å². The highest BCUT2D eigenvalue weighted by molar-refractivity contribution is 5.73. The van der Waals surface area contributed by atoms with Crippen LogP contribution in [0.4, 0.5) is 0 Å². The Balaban J connectivity index is 2.57. The fraction of sp³-hybridized carbons (Fsp3) is 0.857. The number of β-amino-alcohol motifs (C(OH)–C–C–N with tert-alkyl or cyclic N) is 1. The van der Waals surface area contributed by atoms with Gasteiger partial charge in [-0.1, -0.05) is 6.92 Å². The third-order valence-corrected chi connectivity index (χ3v) is 2.07. The van der Waals surface area contributed by atoms with Crippen molar-refractivity contribution in [3.8, 4) is 0 Å². The Morgan fingerprint density at radius 1 is 1.73 bits per heavy atom. The minimum Gasteiger partial charge on any atom is -0.480 e. The van der Waals surface area contributed by atoms with Gasteiger partial charge in [0.2, 0.25) is 0 Å². The molecular weight excluding hydrogens is 146 g/mol. The number of carbonyl (C=O) groups is 1. The van der Waals surface area contributed by atoms with Crippen molar-refractivity contribution in [2.45, 2.75) is 25.5 Å². The molecule has 1 aliphatic rings. The van der Waals surface area contributed by atoms with E-state index in [1.165, 1.54) is 0 Å². The Morgan fingerprint density at radius 3 is 2.73 bits per heavy atom. The second-order valence-electron chi connectivity index (χ2n) is 2.83. The highest BCUT2D eigenvalue weighted by Gasteiger charge is 2.34. The van der Waals surface area contributed by atoms with E-state index in [1.54, 1.807) is 4.90 Å². The minimum atomic E-state index is -0.830. The summed E-state index contributed by atoms with van der Waals surface area (Å²) in [7, 11) is 0. The molecule has 1 saturated heterocycles. The summed E-state index contributed by atoms with van der Waals surface area (Å²) >= 11 is 0. The summed E-state index contributed by atoms with van der Waals surface area (Å²) in [4.78, 5) is 12.3. The van der Waals surface area contributed by atoms with E-state index in [4.69, 9.17) is 10.2 Å². The van der Waals surface area contributed by atoms with Crippen LogP contribution in [0.1, 0.15) is 13.3 Å². The molecule has 4 heteroatoms. The molecule has 1 heterocycles. The fourth-order valence-corrected chi connectivity index (χ4v) is 1.49. The lowest BCUT2D eigenvalue weighted by molar-refractivity contribution is -0.142. The summed E-state index contributed by atoms with van der Waals surface area (Å²) in [6.45, 7) is 3.08. The standard InChI is InChI=1S/C7H13NO3/c1-2-8-4-5(9)3-6(8)7(10)11/h5-6,9H,2-4H2,1H3,(H,10,11)/t5-,6+/m1/s1. The Kier molecular flexibility index (Phi) is 2.46. The number of nitrogens with zero attached hydrogens (tertiary/aromatic N) is 1. The van der Waals surface area contributed by atoms with Crippen LogP contribution < -0.4 is 0 Å². The SMILES string of the molecule is CCN1C[C@H](O)C[C@H]1C(=O)O. The topological polar surface area (TPSA) is 60.8 Å². The predicted octanol–water partition coefficient (Wildman–Crippen LogP) is -0.474. The molecular formula is C7H13NO3. The zero-order valence-corrected chi connectivity index (χ0v) is 6.53. The molecule has 0 spiro atoms. The molecule has 0 saturated carbocycles. The number of hydrogen-bond acceptors (Lipinski definition) is 3. The van der Waals surface area contributed by atoms with E-state index in [0.29, 0.717) is 19.5 Å². The molecule has 0 amide bonds. The normalized spacial score (nSPS) is 32.5. The van der Waals surface area contributed by atoms with Crippen LogP contribution >= 0.6 is 0 Å².